The fourth-order valence-electron chi connectivity index (χ4n) is 2.66. The molecule has 1 aliphatic rings. The molecule has 0 saturated carbocycles. The van der Waals surface area contributed by atoms with Gasteiger partial charge in [0.25, 0.3) is 5.91 Å². The third-order valence-corrected chi connectivity index (χ3v) is 5.40. The third kappa shape index (κ3) is 5.40. The normalized spacial score (nSPS) is 14.9. The summed E-state index contributed by atoms with van der Waals surface area (Å²) in [5.41, 5.74) is 0.828. The Morgan fingerprint density at radius 1 is 1.10 bits per heavy atom. The van der Waals surface area contributed by atoms with Crippen molar-refractivity contribution in [3.63, 3.8) is 0 Å². The number of rotatable bonds is 9. The molecule has 1 heterocycles. The number of nitrogens with zero attached hydrogens (tertiary/aromatic N) is 1. The SMILES string of the molecule is C=CCN1C(=O)C(=Cc2ccc(OCCOc3ccccc3)c(OC)c2)SC1=S. The van der Waals surface area contributed by atoms with Gasteiger partial charge in [0.1, 0.15) is 23.3 Å². The Morgan fingerprint density at radius 3 is 2.59 bits per heavy atom. The molecule has 0 radical (unpaired) electrons. The van der Waals surface area contributed by atoms with Gasteiger partial charge in [0, 0.05) is 6.54 Å². The first-order valence-corrected chi connectivity index (χ1v) is 10.2. The van der Waals surface area contributed by atoms with Crippen molar-refractivity contribution >= 4 is 40.3 Å². The highest BCUT2D eigenvalue weighted by Crippen LogP contribution is 2.34. The van der Waals surface area contributed by atoms with Crippen molar-refractivity contribution in [2.45, 2.75) is 0 Å². The van der Waals surface area contributed by atoms with Crippen LogP contribution in [0.15, 0.2) is 66.1 Å². The number of thiocarbonyl (C=S) groups is 1. The molecule has 3 rings (SSSR count). The van der Waals surface area contributed by atoms with Crippen molar-refractivity contribution in [1.82, 2.24) is 4.90 Å². The Kier molecular flexibility index (Phi) is 7.32. The van der Waals surface area contributed by atoms with E-state index in [0.29, 0.717) is 40.5 Å². The number of para-hydroxylation sites is 1. The van der Waals surface area contributed by atoms with Crippen molar-refractivity contribution in [2.24, 2.45) is 0 Å². The van der Waals surface area contributed by atoms with Crippen molar-refractivity contribution < 1.29 is 19.0 Å². The maximum atomic E-state index is 12.5. The minimum atomic E-state index is -0.114. The number of thioether (sulfide) groups is 1. The van der Waals surface area contributed by atoms with E-state index in [1.807, 2.05) is 48.5 Å². The van der Waals surface area contributed by atoms with Crippen LogP contribution in [0.1, 0.15) is 5.56 Å². The van der Waals surface area contributed by atoms with E-state index in [4.69, 9.17) is 26.4 Å². The average Bonchev–Trinajstić information content (AvgIpc) is 3.00. The first-order valence-electron chi connectivity index (χ1n) is 8.97. The summed E-state index contributed by atoms with van der Waals surface area (Å²) >= 11 is 6.54. The van der Waals surface area contributed by atoms with Crippen molar-refractivity contribution in [3.8, 4) is 17.2 Å². The molecule has 1 aliphatic heterocycles. The summed E-state index contributed by atoms with van der Waals surface area (Å²) in [7, 11) is 1.58. The molecule has 2 aromatic carbocycles. The molecule has 0 N–H and O–H groups in total. The second-order valence-electron chi connectivity index (χ2n) is 6.00. The van der Waals surface area contributed by atoms with E-state index >= 15 is 0 Å². The van der Waals surface area contributed by atoms with Gasteiger partial charge in [-0.1, -0.05) is 54.3 Å². The molecule has 0 aliphatic carbocycles. The summed E-state index contributed by atoms with van der Waals surface area (Å²) in [4.78, 5) is 14.6. The molecule has 0 atom stereocenters. The lowest BCUT2D eigenvalue weighted by atomic mass is 10.2. The zero-order valence-electron chi connectivity index (χ0n) is 16.0. The first-order chi connectivity index (χ1) is 14.1. The zero-order chi connectivity index (χ0) is 20.6. The largest absolute Gasteiger partial charge is 0.493 e. The van der Waals surface area contributed by atoms with Gasteiger partial charge in [0.05, 0.1) is 12.0 Å². The van der Waals surface area contributed by atoms with Gasteiger partial charge in [0.15, 0.2) is 11.5 Å². The van der Waals surface area contributed by atoms with Crippen LogP contribution in [0.3, 0.4) is 0 Å². The van der Waals surface area contributed by atoms with Crippen LogP contribution >= 0.6 is 24.0 Å². The van der Waals surface area contributed by atoms with Gasteiger partial charge < -0.3 is 14.2 Å². The van der Waals surface area contributed by atoms with Crippen LogP contribution in [0.2, 0.25) is 0 Å². The van der Waals surface area contributed by atoms with Gasteiger partial charge in [-0.15, -0.1) is 6.58 Å². The minimum Gasteiger partial charge on any atom is -0.493 e. The average molecular weight is 428 g/mol. The molecule has 5 nitrogen and oxygen atoms in total. The number of hydrogen-bond acceptors (Lipinski definition) is 6. The Hall–Kier alpha value is -2.77. The van der Waals surface area contributed by atoms with Gasteiger partial charge in [0.2, 0.25) is 0 Å². The van der Waals surface area contributed by atoms with E-state index in [0.717, 1.165) is 11.3 Å². The molecule has 29 heavy (non-hydrogen) atoms. The second-order valence-corrected chi connectivity index (χ2v) is 7.68. The van der Waals surface area contributed by atoms with Crippen LogP contribution in [0, 0.1) is 0 Å². The lowest BCUT2D eigenvalue weighted by Gasteiger charge is -2.12. The molecular formula is C22H21NO4S2. The van der Waals surface area contributed by atoms with E-state index in [2.05, 4.69) is 6.58 Å². The number of benzene rings is 2. The molecule has 1 fully saturated rings. The zero-order valence-corrected chi connectivity index (χ0v) is 17.6. The first kappa shape index (κ1) is 21.0. The Bertz CT molecular complexity index is 928. The molecule has 2 aromatic rings. The van der Waals surface area contributed by atoms with E-state index in [-0.39, 0.29) is 5.91 Å². The number of carbonyl (C=O) groups excluding carboxylic acids is 1. The van der Waals surface area contributed by atoms with Crippen LogP contribution in [-0.2, 0) is 4.79 Å². The highest BCUT2D eigenvalue weighted by atomic mass is 32.2. The molecular weight excluding hydrogens is 406 g/mol. The topological polar surface area (TPSA) is 48.0 Å². The van der Waals surface area contributed by atoms with Crippen molar-refractivity contribution in [2.75, 3.05) is 26.9 Å². The molecule has 0 spiro atoms. The summed E-state index contributed by atoms with van der Waals surface area (Å²) < 4.78 is 17.4. The lowest BCUT2D eigenvalue weighted by Crippen LogP contribution is -2.27. The minimum absolute atomic E-state index is 0.114. The number of ether oxygens (including phenoxy) is 3. The monoisotopic (exact) mass is 427 g/mol. The second kappa shape index (κ2) is 10.1. The van der Waals surface area contributed by atoms with Crippen LogP contribution in [0.25, 0.3) is 6.08 Å². The summed E-state index contributed by atoms with van der Waals surface area (Å²) in [5.74, 6) is 1.88. The molecule has 1 amide bonds. The van der Waals surface area contributed by atoms with Crippen LogP contribution in [-0.4, -0.2) is 42.0 Å². The van der Waals surface area contributed by atoms with Gasteiger partial charge >= 0.3 is 0 Å². The summed E-state index contributed by atoms with van der Waals surface area (Å²) in [5, 5.41) is 0. The van der Waals surface area contributed by atoms with Crippen molar-refractivity contribution in [1.29, 1.82) is 0 Å². The summed E-state index contributed by atoms with van der Waals surface area (Å²) in [6.45, 7) is 4.86. The molecule has 0 aromatic heterocycles. The van der Waals surface area contributed by atoms with E-state index in [9.17, 15) is 4.79 Å². The predicted molar refractivity (Wildman–Crippen MR) is 121 cm³/mol. The number of amides is 1. The van der Waals surface area contributed by atoms with E-state index in [1.165, 1.54) is 16.7 Å². The molecule has 7 heteroatoms. The molecule has 1 saturated heterocycles. The molecule has 0 unspecified atom stereocenters. The van der Waals surface area contributed by atoms with Crippen LogP contribution < -0.4 is 14.2 Å². The highest BCUT2D eigenvalue weighted by molar-refractivity contribution is 8.26. The third-order valence-electron chi connectivity index (χ3n) is 4.02. The van der Waals surface area contributed by atoms with E-state index in [1.54, 1.807) is 19.3 Å². The number of carbonyl (C=O) groups is 1. The van der Waals surface area contributed by atoms with Gasteiger partial charge in [-0.05, 0) is 35.9 Å². The maximum absolute atomic E-state index is 12.5. The Morgan fingerprint density at radius 2 is 1.86 bits per heavy atom. The van der Waals surface area contributed by atoms with Gasteiger partial charge in [-0.3, -0.25) is 9.69 Å². The highest BCUT2D eigenvalue weighted by Gasteiger charge is 2.30. The molecule has 0 bridgehead atoms. The van der Waals surface area contributed by atoms with E-state index < -0.39 is 0 Å². The Labute approximate surface area is 179 Å². The predicted octanol–water partition coefficient (Wildman–Crippen LogP) is 4.54. The fourth-order valence-corrected chi connectivity index (χ4v) is 3.93. The van der Waals surface area contributed by atoms with Gasteiger partial charge in [-0.2, -0.15) is 0 Å². The quantitative estimate of drug-likeness (QED) is 0.253. The summed E-state index contributed by atoms with van der Waals surface area (Å²) in [6.07, 6.45) is 3.46. The smallest absolute Gasteiger partial charge is 0.266 e. The Balaban J connectivity index is 1.63. The maximum Gasteiger partial charge on any atom is 0.266 e. The molecule has 150 valence electrons. The number of methoxy groups -OCH3 is 1. The lowest BCUT2D eigenvalue weighted by molar-refractivity contribution is -0.121. The van der Waals surface area contributed by atoms with Crippen LogP contribution in [0.4, 0.5) is 0 Å². The summed E-state index contributed by atoms with van der Waals surface area (Å²) in [6, 6.07) is 15.1. The van der Waals surface area contributed by atoms with Crippen LogP contribution in [0.5, 0.6) is 17.2 Å². The van der Waals surface area contributed by atoms with Crippen molar-refractivity contribution in [3.05, 3.63) is 71.7 Å². The van der Waals surface area contributed by atoms with Gasteiger partial charge in [-0.25, -0.2) is 0 Å². The standard InChI is InChI=1S/C22H21NO4S2/c1-3-11-23-21(24)20(29-22(23)28)15-16-9-10-18(19(14-16)25-2)27-13-12-26-17-7-5-4-6-8-17/h3-10,14-15H,1,11-13H2,2H3. The fraction of sp³-hybridized carbons (Fsp3) is 0.182. The number of hydrogen-bond donors (Lipinski definition) is 0.